The lowest BCUT2D eigenvalue weighted by molar-refractivity contribution is 0.0224. The van der Waals surface area contributed by atoms with E-state index in [1.54, 1.807) is 35.2 Å². The lowest BCUT2D eigenvalue weighted by Gasteiger charge is -2.31. The van der Waals surface area contributed by atoms with Crippen LogP contribution in [0, 0.1) is 13.8 Å². The van der Waals surface area contributed by atoms with Crippen LogP contribution in [0.2, 0.25) is 0 Å². The number of amides is 1. The Kier molecular flexibility index (Phi) is 14.3. The molecule has 6 aromatic rings. The molecule has 1 amide bonds. The number of ether oxygens (including phenoxy) is 1. The number of hydrogen-bond donors (Lipinski definition) is 3. The number of aryl methyl sites for hydroxylation is 2. The van der Waals surface area contributed by atoms with Crippen LogP contribution >= 0.6 is 23.1 Å². The highest BCUT2D eigenvalue weighted by Gasteiger charge is 2.26. The van der Waals surface area contributed by atoms with Crippen molar-refractivity contribution in [2.75, 3.05) is 23.5 Å². The minimum absolute atomic E-state index is 0. The molecule has 0 saturated heterocycles. The molecule has 0 aliphatic carbocycles. The smallest absolute Gasteiger partial charge is 0.410 e. The first-order valence-corrected chi connectivity index (χ1v) is 22.8. The molecule has 8 rings (SSSR count). The molecule has 2 aliphatic rings. The van der Waals surface area contributed by atoms with Gasteiger partial charge in [-0.2, -0.15) is 0 Å². The van der Waals surface area contributed by atoms with Crippen molar-refractivity contribution < 1.29 is 26.4 Å². The average molecular weight is 878 g/mol. The van der Waals surface area contributed by atoms with E-state index in [0.717, 1.165) is 70.0 Å². The summed E-state index contributed by atoms with van der Waals surface area (Å²) in [6.45, 7) is 12.6. The van der Waals surface area contributed by atoms with Gasteiger partial charge in [-0.15, -0.1) is 12.4 Å². The summed E-state index contributed by atoms with van der Waals surface area (Å²) in [6.07, 6.45) is 1.58. The topological polar surface area (TPSA) is 148 Å². The Morgan fingerprint density at radius 2 is 1.29 bits per heavy atom. The maximum absolute atomic E-state index is 13.0. The number of nitrogens with zero attached hydrogens (tertiary/aromatic N) is 1. The molecule has 312 valence electrons. The number of hydrogen-bond acceptors (Lipinski definition) is 8. The van der Waals surface area contributed by atoms with Crippen molar-refractivity contribution in [1.29, 1.82) is 0 Å². The third-order valence-corrected chi connectivity index (χ3v) is 12.8. The molecule has 0 saturated carbocycles. The Bertz CT molecular complexity index is 2720. The molecule has 0 atom stereocenters. The zero-order valence-electron chi connectivity index (χ0n) is 33.7. The number of rotatable bonds is 4. The summed E-state index contributed by atoms with van der Waals surface area (Å²) in [5, 5.41) is 6.61. The summed E-state index contributed by atoms with van der Waals surface area (Å²) in [4.78, 5) is 14.2. The van der Waals surface area contributed by atoms with E-state index in [0.29, 0.717) is 29.1 Å². The van der Waals surface area contributed by atoms with Crippen molar-refractivity contribution in [2.24, 2.45) is 0 Å². The van der Waals surface area contributed by atoms with Gasteiger partial charge in [0.15, 0.2) is 0 Å². The Morgan fingerprint density at radius 3 is 1.90 bits per heavy atom. The number of sulfonamides is 1. The molecule has 0 fully saturated rings. The zero-order valence-corrected chi connectivity index (χ0v) is 36.9. The lowest BCUT2D eigenvalue weighted by Crippen LogP contribution is -2.39. The van der Waals surface area contributed by atoms with Crippen LogP contribution in [-0.2, 0) is 49.7 Å². The first kappa shape index (κ1) is 45.2. The molecular formula is C45H50Cl2N4O6S2. The highest BCUT2D eigenvalue weighted by molar-refractivity contribution is 8.14. The van der Waals surface area contributed by atoms with Gasteiger partial charge in [0.2, 0.25) is 0 Å². The predicted molar refractivity (Wildman–Crippen MR) is 242 cm³/mol. The number of nitrogens with one attached hydrogen (secondary N) is 2. The first-order chi connectivity index (χ1) is 27.4. The van der Waals surface area contributed by atoms with E-state index in [4.69, 9.17) is 21.2 Å². The molecule has 6 aromatic carbocycles. The van der Waals surface area contributed by atoms with Crippen molar-refractivity contribution in [3.05, 3.63) is 143 Å². The minimum atomic E-state index is -3.67. The average Bonchev–Trinajstić information content (AvgIpc) is 3.17. The van der Waals surface area contributed by atoms with E-state index in [-0.39, 0.29) is 23.4 Å². The molecule has 0 unspecified atom stereocenters. The van der Waals surface area contributed by atoms with Gasteiger partial charge >= 0.3 is 6.09 Å². The minimum Gasteiger partial charge on any atom is -0.444 e. The Balaban J connectivity index is 0.000000173. The zero-order chi connectivity index (χ0) is 41.8. The third-order valence-electron chi connectivity index (χ3n) is 10.00. The van der Waals surface area contributed by atoms with Gasteiger partial charge in [0, 0.05) is 52.5 Å². The van der Waals surface area contributed by atoms with E-state index in [2.05, 4.69) is 10.0 Å². The van der Waals surface area contributed by atoms with Gasteiger partial charge in [-0.1, -0.05) is 72.8 Å². The Morgan fingerprint density at radius 1 is 0.729 bits per heavy atom. The van der Waals surface area contributed by atoms with Crippen molar-refractivity contribution in [3.63, 3.8) is 0 Å². The monoisotopic (exact) mass is 876 g/mol. The highest BCUT2D eigenvalue weighted by atomic mass is 35.7. The summed E-state index contributed by atoms with van der Waals surface area (Å²) in [5.74, 6) is 0. The van der Waals surface area contributed by atoms with Crippen molar-refractivity contribution in [1.82, 2.24) is 10.2 Å². The molecule has 14 heteroatoms. The second kappa shape index (κ2) is 18.6. The molecule has 0 spiro atoms. The standard InChI is InChI=1S/C20H20N2O2S.C14H20N2O2.C11H9ClO2S.ClH/c1-14-6-9-20(19-5-3-2-4-18(14)19)25(23,24)22-17-8-7-15-10-11-21-13-16(15)12-17;1-14(2,3)18-13(17)16-7-6-10-4-5-12(15)8-11(10)9-16;1-8-6-7-11(15(12,13)14)10-5-3-2-4-9(8)10;/h2-9,12,21-22H,10-11,13H2,1H3;4-5,8H,6-7,9,15H2,1-3H3;2-7H,1H3;1H. The van der Waals surface area contributed by atoms with Gasteiger partial charge in [0.25, 0.3) is 19.1 Å². The summed E-state index contributed by atoms with van der Waals surface area (Å²) in [5.41, 5.74) is 13.6. The molecular weight excluding hydrogens is 828 g/mol. The van der Waals surface area contributed by atoms with E-state index in [1.807, 2.05) is 113 Å². The van der Waals surface area contributed by atoms with Crippen LogP contribution in [0.3, 0.4) is 0 Å². The van der Waals surface area contributed by atoms with Crippen molar-refractivity contribution >= 4 is 81.2 Å². The fourth-order valence-corrected chi connectivity index (χ4v) is 9.44. The van der Waals surface area contributed by atoms with Gasteiger partial charge in [-0.25, -0.2) is 21.6 Å². The van der Waals surface area contributed by atoms with E-state index >= 15 is 0 Å². The number of nitrogens with two attached hydrogens (primary N) is 1. The van der Waals surface area contributed by atoms with Crippen molar-refractivity contribution in [2.45, 2.75) is 75.9 Å². The molecule has 2 heterocycles. The summed E-state index contributed by atoms with van der Waals surface area (Å²) >= 11 is 0. The number of anilines is 2. The maximum Gasteiger partial charge on any atom is 0.410 e. The fraction of sp³-hybridized carbons (Fsp3) is 0.267. The van der Waals surface area contributed by atoms with Gasteiger partial charge in [-0.3, -0.25) is 4.72 Å². The number of nitrogen functional groups attached to an aromatic ring is 1. The molecule has 4 N–H and O–H groups in total. The molecule has 2 aliphatic heterocycles. The molecule has 0 radical (unpaired) electrons. The number of fused-ring (bicyclic) bond motifs is 4. The van der Waals surface area contributed by atoms with Crippen LogP contribution in [0.5, 0.6) is 0 Å². The lowest BCUT2D eigenvalue weighted by atomic mass is 9.99. The SMILES string of the molecule is CC(C)(C)OC(=O)N1CCc2ccc(N)cc2C1.Cc1ccc(S(=O)(=O)Cl)c2ccccc12.Cc1ccc(S(=O)(=O)Nc2ccc3c(c2)CNCC3)c2ccccc12.Cl. The number of carbonyl (C=O) groups is 1. The van der Waals surface area contributed by atoms with E-state index < -0.39 is 24.7 Å². The fourth-order valence-electron chi connectivity index (χ4n) is 7.10. The van der Waals surface area contributed by atoms with E-state index in [9.17, 15) is 21.6 Å². The highest BCUT2D eigenvalue weighted by Crippen LogP contribution is 2.30. The van der Waals surface area contributed by atoms with E-state index in [1.165, 1.54) is 11.1 Å². The molecule has 0 bridgehead atoms. The summed E-state index contributed by atoms with van der Waals surface area (Å²) in [6, 6.07) is 33.4. The Hall–Kier alpha value is -4.85. The number of carbonyl (C=O) groups excluding carboxylic acids is 1. The maximum atomic E-state index is 13.0. The van der Waals surface area contributed by atoms with Gasteiger partial charge in [0.1, 0.15) is 5.60 Å². The second-order valence-corrected chi connectivity index (χ2v) is 19.7. The second-order valence-electron chi connectivity index (χ2n) is 15.5. The predicted octanol–water partition coefficient (Wildman–Crippen LogP) is 9.65. The number of benzene rings is 6. The van der Waals surface area contributed by atoms with Crippen LogP contribution in [0.25, 0.3) is 21.5 Å². The van der Waals surface area contributed by atoms with Gasteiger partial charge in [0.05, 0.1) is 9.79 Å². The quantitative estimate of drug-likeness (QED) is 0.117. The van der Waals surface area contributed by atoms with Crippen molar-refractivity contribution in [3.8, 4) is 0 Å². The Labute approximate surface area is 358 Å². The molecule has 0 aromatic heterocycles. The van der Waals surface area contributed by atoms with Gasteiger partial charge in [-0.05, 0) is 135 Å². The normalized spacial score (nSPS) is 13.7. The summed E-state index contributed by atoms with van der Waals surface area (Å²) < 4.78 is 56.7. The third kappa shape index (κ3) is 11.3. The summed E-state index contributed by atoms with van der Waals surface area (Å²) in [7, 11) is -1.97. The van der Waals surface area contributed by atoms with Crippen LogP contribution < -0.4 is 15.8 Å². The van der Waals surface area contributed by atoms with Crippen LogP contribution in [0.15, 0.2) is 119 Å². The first-order valence-electron chi connectivity index (χ1n) is 19.0. The largest absolute Gasteiger partial charge is 0.444 e. The molecule has 59 heavy (non-hydrogen) atoms. The molecule has 10 nitrogen and oxygen atoms in total. The van der Waals surface area contributed by atoms with Crippen LogP contribution in [0.1, 0.15) is 54.2 Å². The number of halogens is 2. The van der Waals surface area contributed by atoms with Crippen LogP contribution in [-0.4, -0.2) is 46.5 Å². The van der Waals surface area contributed by atoms with Crippen LogP contribution in [0.4, 0.5) is 16.2 Å². The van der Waals surface area contributed by atoms with Gasteiger partial charge < -0.3 is 20.7 Å².